The van der Waals surface area contributed by atoms with E-state index >= 15 is 0 Å². The van der Waals surface area contributed by atoms with Crippen LogP contribution in [0.1, 0.15) is 10.5 Å². The number of ether oxygens (including phenoxy) is 1. The van der Waals surface area contributed by atoms with E-state index in [1.807, 2.05) is 0 Å². The van der Waals surface area contributed by atoms with Gasteiger partial charge in [0.05, 0.1) is 12.3 Å². The molecule has 1 heterocycles. The highest BCUT2D eigenvalue weighted by atomic mass is 19.3. The molecule has 0 aliphatic heterocycles. The first-order valence-corrected chi connectivity index (χ1v) is 4.96. The van der Waals surface area contributed by atoms with Gasteiger partial charge in [-0.2, -0.15) is 0 Å². The van der Waals surface area contributed by atoms with Crippen LogP contribution in [0.5, 0.6) is 0 Å². The summed E-state index contributed by atoms with van der Waals surface area (Å²) in [6.07, 6.45) is -1.06. The fourth-order valence-corrected chi connectivity index (χ4v) is 1.10. The number of hydrogen-bond acceptors (Lipinski definition) is 4. The molecule has 5 nitrogen and oxygen atoms in total. The maximum absolute atomic E-state index is 11.7. The lowest BCUT2D eigenvalue weighted by atomic mass is 10.3. The van der Waals surface area contributed by atoms with Crippen LogP contribution in [0.3, 0.4) is 0 Å². The van der Waals surface area contributed by atoms with Gasteiger partial charge in [-0.1, -0.05) is 0 Å². The number of nitrogens with one attached hydrogen (secondary N) is 1. The van der Waals surface area contributed by atoms with Gasteiger partial charge in [-0.05, 0) is 12.1 Å². The number of nitrogen functional groups attached to an aromatic ring is 1. The van der Waals surface area contributed by atoms with E-state index in [2.05, 4.69) is 15.0 Å². The number of alkyl halides is 2. The average molecular weight is 245 g/mol. The minimum atomic E-state index is -2.50. The second-order valence-electron chi connectivity index (χ2n) is 3.16. The molecule has 0 aliphatic rings. The van der Waals surface area contributed by atoms with Gasteiger partial charge in [-0.25, -0.2) is 13.8 Å². The second-order valence-corrected chi connectivity index (χ2v) is 3.16. The smallest absolute Gasteiger partial charge is 0.272 e. The van der Waals surface area contributed by atoms with Gasteiger partial charge in [-0.15, -0.1) is 0 Å². The van der Waals surface area contributed by atoms with E-state index in [1.165, 1.54) is 6.20 Å². The van der Waals surface area contributed by atoms with Gasteiger partial charge in [0.25, 0.3) is 12.3 Å². The lowest BCUT2D eigenvalue weighted by Gasteiger charge is -2.06. The van der Waals surface area contributed by atoms with Crippen LogP contribution in [0.4, 0.5) is 14.5 Å². The minimum absolute atomic E-state index is 0.0167. The zero-order chi connectivity index (χ0) is 12.7. The summed E-state index contributed by atoms with van der Waals surface area (Å²) in [4.78, 5) is 15.3. The Bertz CT molecular complexity index is 374. The number of rotatable bonds is 6. The first-order valence-electron chi connectivity index (χ1n) is 4.96. The van der Waals surface area contributed by atoms with Gasteiger partial charge in [-0.3, -0.25) is 4.79 Å². The third kappa shape index (κ3) is 4.73. The molecule has 0 saturated carbocycles. The van der Waals surface area contributed by atoms with Crippen LogP contribution in [0.25, 0.3) is 0 Å². The minimum Gasteiger partial charge on any atom is -0.397 e. The maximum Gasteiger partial charge on any atom is 0.272 e. The summed E-state index contributed by atoms with van der Waals surface area (Å²) in [5, 5.41) is 2.46. The normalized spacial score (nSPS) is 10.5. The quantitative estimate of drug-likeness (QED) is 0.722. The fraction of sp³-hybridized carbons (Fsp3) is 0.400. The average Bonchev–Trinajstić information content (AvgIpc) is 2.28. The van der Waals surface area contributed by atoms with Crippen molar-refractivity contribution in [2.75, 3.05) is 25.5 Å². The summed E-state index contributed by atoms with van der Waals surface area (Å²) < 4.78 is 28.0. The number of hydrogen-bond donors (Lipinski definition) is 2. The summed E-state index contributed by atoms with van der Waals surface area (Å²) >= 11 is 0. The zero-order valence-corrected chi connectivity index (χ0v) is 9.03. The van der Waals surface area contributed by atoms with Crippen LogP contribution in [0.15, 0.2) is 18.3 Å². The van der Waals surface area contributed by atoms with E-state index in [0.29, 0.717) is 0 Å². The Morgan fingerprint density at radius 2 is 2.35 bits per heavy atom. The number of carbonyl (C=O) groups excluding carboxylic acids is 1. The highest BCUT2D eigenvalue weighted by Gasteiger charge is 2.09. The number of nitrogens with two attached hydrogens (primary N) is 1. The van der Waals surface area contributed by atoms with E-state index in [9.17, 15) is 13.6 Å². The summed E-state index contributed by atoms with van der Waals surface area (Å²) in [5.74, 6) is -0.455. The van der Waals surface area contributed by atoms with E-state index in [4.69, 9.17) is 5.73 Å². The molecule has 0 bridgehead atoms. The maximum atomic E-state index is 11.7. The molecule has 0 spiro atoms. The monoisotopic (exact) mass is 245 g/mol. The topological polar surface area (TPSA) is 77.2 Å². The van der Waals surface area contributed by atoms with Crippen molar-refractivity contribution in [2.24, 2.45) is 0 Å². The van der Waals surface area contributed by atoms with Crippen molar-refractivity contribution in [2.45, 2.75) is 6.43 Å². The van der Waals surface area contributed by atoms with Crippen LogP contribution in [-0.4, -0.2) is 37.1 Å². The van der Waals surface area contributed by atoms with Gasteiger partial charge >= 0.3 is 0 Å². The molecule has 0 aliphatic carbocycles. The first-order chi connectivity index (χ1) is 8.11. The van der Waals surface area contributed by atoms with Crippen molar-refractivity contribution in [3.8, 4) is 0 Å². The molecule has 0 atom stereocenters. The van der Waals surface area contributed by atoms with Gasteiger partial charge in [0.1, 0.15) is 6.61 Å². The van der Waals surface area contributed by atoms with Crippen molar-refractivity contribution in [3.05, 3.63) is 24.0 Å². The van der Waals surface area contributed by atoms with Gasteiger partial charge in [0.2, 0.25) is 0 Å². The highest BCUT2D eigenvalue weighted by molar-refractivity contribution is 5.96. The molecule has 0 fully saturated rings. The second kappa shape index (κ2) is 6.74. The summed E-state index contributed by atoms with van der Waals surface area (Å²) in [6.45, 7) is -0.494. The molecule has 7 heteroatoms. The lowest BCUT2D eigenvalue weighted by molar-refractivity contribution is 0.0188. The number of amides is 1. The Morgan fingerprint density at radius 1 is 1.59 bits per heavy atom. The van der Waals surface area contributed by atoms with E-state index in [1.54, 1.807) is 12.1 Å². The van der Waals surface area contributed by atoms with Crippen molar-refractivity contribution < 1.29 is 18.3 Å². The Labute approximate surface area is 97.0 Å². The molecule has 1 amide bonds. The third-order valence-corrected chi connectivity index (χ3v) is 1.83. The molecule has 1 aromatic rings. The van der Waals surface area contributed by atoms with Gasteiger partial charge in [0.15, 0.2) is 5.69 Å². The summed E-state index contributed by atoms with van der Waals surface area (Å²) in [5.41, 5.74) is 5.91. The fourth-order valence-electron chi connectivity index (χ4n) is 1.10. The van der Waals surface area contributed by atoms with E-state index < -0.39 is 18.9 Å². The molecule has 3 N–H and O–H groups in total. The van der Waals surface area contributed by atoms with Crippen LogP contribution in [-0.2, 0) is 4.74 Å². The predicted octanol–water partition coefficient (Wildman–Crippen LogP) is 0.675. The van der Waals surface area contributed by atoms with Crippen molar-refractivity contribution in [1.82, 2.24) is 10.3 Å². The number of pyridine rings is 1. The molecular formula is C10H13F2N3O2. The lowest BCUT2D eigenvalue weighted by Crippen LogP contribution is -2.29. The molecule has 0 radical (unpaired) electrons. The van der Waals surface area contributed by atoms with Crippen LogP contribution in [0, 0.1) is 0 Å². The molecule has 0 saturated heterocycles. The van der Waals surface area contributed by atoms with Crippen molar-refractivity contribution >= 4 is 11.6 Å². The van der Waals surface area contributed by atoms with Crippen LogP contribution in [0.2, 0.25) is 0 Å². The zero-order valence-electron chi connectivity index (χ0n) is 9.03. The van der Waals surface area contributed by atoms with E-state index in [-0.39, 0.29) is 24.5 Å². The van der Waals surface area contributed by atoms with Crippen LogP contribution < -0.4 is 11.1 Å². The van der Waals surface area contributed by atoms with Gasteiger partial charge < -0.3 is 15.8 Å². The molecular weight excluding hydrogens is 232 g/mol. The largest absolute Gasteiger partial charge is 0.397 e. The molecule has 0 aromatic carbocycles. The molecule has 1 rings (SSSR count). The predicted molar refractivity (Wildman–Crippen MR) is 57.8 cm³/mol. The Morgan fingerprint density at radius 3 is 3.00 bits per heavy atom. The highest BCUT2D eigenvalue weighted by Crippen LogP contribution is 2.05. The number of anilines is 1. The number of aromatic nitrogens is 1. The number of halogens is 2. The molecule has 0 unspecified atom stereocenters. The summed E-state index contributed by atoms with van der Waals surface area (Å²) in [7, 11) is 0. The molecule has 1 aromatic heterocycles. The van der Waals surface area contributed by atoms with Gasteiger partial charge in [0, 0.05) is 12.7 Å². The molecule has 94 valence electrons. The summed E-state index contributed by atoms with van der Waals surface area (Å²) in [6, 6.07) is 3.16. The van der Waals surface area contributed by atoms with Crippen molar-refractivity contribution in [3.63, 3.8) is 0 Å². The standard InChI is InChI=1S/C10H13F2N3O2/c11-8(12)6-17-5-4-15-10(16)9-7(13)2-1-3-14-9/h1-3,8H,4-6,13H2,(H,15,16). The Hall–Kier alpha value is -1.76. The van der Waals surface area contributed by atoms with E-state index in [0.717, 1.165) is 0 Å². The van der Waals surface area contributed by atoms with Crippen LogP contribution >= 0.6 is 0 Å². The SMILES string of the molecule is Nc1cccnc1C(=O)NCCOCC(F)F. The number of nitrogens with zero attached hydrogens (tertiary/aromatic N) is 1. The third-order valence-electron chi connectivity index (χ3n) is 1.83. The molecule has 17 heavy (non-hydrogen) atoms. The van der Waals surface area contributed by atoms with Crippen molar-refractivity contribution in [1.29, 1.82) is 0 Å². The Kier molecular flexibility index (Phi) is 5.28. The Balaban J connectivity index is 2.29. The first kappa shape index (κ1) is 13.3. The number of carbonyl (C=O) groups is 1.